The van der Waals surface area contributed by atoms with Crippen molar-refractivity contribution < 1.29 is 97.2 Å². The Morgan fingerprint density at radius 1 is 0.358 bits per heavy atom. The number of hydrogen-bond acceptors (Lipinski definition) is 1. The summed E-state index contributed by atoms with van der Waals surface area (Å²) >= 11 is 0. The molecule has 0 aliphatic rings. The van der Waals surface area contributed by atoms with Crippen molar-refractivity contribution in [2.45, 2.75) is 13.5 Å². The molecule has 1 heterocycles. The molecular formula is C44H18BF20NO. The lowest BCUT2D eigenvalue weighted by atomic mass is 9.12. The second kappa shape index (κ2) is 18.6. The summed E-state index contributed by atoms with van der Waals surface area (Å²) in [5, 5.41) is 0. The first kappa shape index (κ1) is 49.2. The third-order valence-corrected chi connectivity index (χ3v) is 10.4. The Morgan fingerprint density at radius 3 is 0.896 bits per heavy atom. The van der Waals surface area contributed by atoms with E-state index in [1.807, 2.05) is 59.4 Å². The van der Waals surface area contributed by atoms with Crippen molar-refractivity contribution in [2.24, 2.45) is 0 Å². The Balaban J connectivity index is 0.000000279. The van der Waals surface area contributed by atoms with Crippen LogP contribution in [0.1, 0.15) is 15.9 Å². The van der Waals surface area contributed by atoms with E-state index in [4.69, 9.17) is 0 Å². The maximum atomic E-state index is 15.4. The molecule has 0 saturated carbocycles. The number of aryl methyl sites for hydroxylation is 1. The summed E-state index contributed by atoms with van der Waals surface area (Å²) in [6, 6.07) is 21.9. The molecule has 7 rings (SSSR count). The summed E-state index contributed by atoms with van der Waals surface area (Å²) in [6.45, 7) is 2.44. The van der Waals surface area contributed by atoms with Gasteiger partial charge in [-0.25, -0.2) is 87.8 Å². The van der Waals surface area contributed by atoms with Crippen LogP contribution in [0.5, 0.6) is 0 Å². The largest absolute Gasteiger partial charge is 0.287 e. The molecule has 0 unspecified atom stereocenters. The van der Waals surface area contributed by atoms with E-state index in [0.29, 0.717) is 6.54 Å². The predicted octanol–water partition coefficient (Wildman–Crippen LogP) is 9.68. The number of rotatable bonds is 8. The molecule has 67 heavy (non-hydrogen) atoms. The van der Waals surface area contributed by atoms with E-state index in [-0.39, 0.29) is 5.78 Å². The molecule has 0 aliphatic carbocycles. The molecule has 0 atom stereocenters. The van der Waals surface area contributed by atoms with Gasteiger partial charge in [0.2, 0.25) is 12.3 Å². The zero-order chi connectivity index (χ0) is 49.7. The van der Waals surface area contributed by atoms with Crippen LogP contribution in [0.2, 0.25) is 0 Å². The number of nitrogens with zero attached hydrogens (tertiary/aromatic N) is 1. The van der Waals surface area contributed by atoms with Crippen LogP contribution in [-0.4, -0.2) is 11.9 Å². The summed E-state index contributed by atoms with van der Waals surface area (Å²) in [4.78, 5) is 12.2. The van der Waals surface area contributed by atoms with Gasteiger partial charge in [0.25, 0.3) is 0 Å². The fourth-order valence-corrected chi connectivity index (χ4v) is 7.26. The zero-order valence-electron chi connectivity index (χ0n) is 32.7. The Bertz CT molecular complexity index is 2730. The van der Waals surface area contributed by atoms with Crippen LogP contribution in [-0.2, 0) is 6.54 Å². The van der Waals surface area contributed by atoms with Crippen molar-refractivity contribution in [3.63, 3.8) is 0 Å². The third-order valence-electron chi connectivity index (χ3n) is 10.4. The number of carbonyl (C=O) groups is 1. The first-order valence-electron chi connectivity index (χ1n) is 18.3. The Morgan fingerprint density at radius 2 is 0.612 bits per heavy atom. The molecule has 0 bridgehead atoms. The van der Waals surface area contributed by atoms with Gasteiger partial charge in [-0.1, -0.05) is 60.2 Å². The van der Waals surface area contributed by atoms with Crippen LogP contribution in [0.15, 0.2) is 79.1 Å². The molecule has 0 spiro atoms. The van der Waals surface area contributed by atoms with Gasteiger partial charge >= 0.3 is 0 Å². The number of halogens is 20. The number of hydrogen-bond donors (Lipinski definition) is 0. The van der Waals surface area contributed by atoms with Crippen molar-refractivity contribution in [3.05, 3.63) is 207 Å². The molecule has 1 aromatic heterocycles. The third kappa shape index (κ3) is 8.13. The SMILES string of the molecule is Cc1ccc(-c2cc[n+](CC(=O)c3ccccc3)cc2)cc1.Fc1c(F)c(F)c([B-](c2c(F)c(F)c(F)c(F)c2F)(c2c(F)c(F)c(F)c(F)c2F)c2c(F)c(F)c(F)c(F)c2F)c(F)c1F. The van der Waals surface area contributed by atoms with Gasteiger partial charge < -0.3 is 0 Å². The Hall–Kier alpha value is -7.20. The van der Waals surface area contributed by atoms with Crippen molar-refractivity contribution in [3.8, 4) is 11.1 Å². The van der Waals surface area contributed by atoms with Gasteiger partial charge in [-0.15, -0.1) is 21.9 Å². The molecule has 0 N–H and O–H groups in total. The molecule has 6 aromatic carbocycles. The summed E-state index contributed by atoms with van der Waals surface area (Å²) in [5.41, 5.74) is -9.99. The molecular weight excluding hydrogens is 949 g/mol. The average Bonchev–Trinajstić information content (AvgIpc) is 3.32. The van der Waals surface area contributed by atoms with Crippen LogP contribution in [0, 0.1) is 123 Å². The minimum absolute atomic E-state index is 0.119. The van der Waals surface area contributed by atoms with Crippen LogP contribution in [0.3, 0.4) is 0 Å². The minimum atomic E-state index is -7.22. The topological polar surface area (TPSA) is 20.9 Å². The van der Waals surface area contributed by atoms with Gasteiger partial charge in [-0.05, 0) is 18.1 Å². The van der Waals surface area contributed by atoms with E-state index in [0.717, 1.165) is 11.1 Å². The normalized spacial score (nSPS) is 11.5. The van der Waals surface area contributed by atoms with Gasteiger partial charge in [0.05, 0.1) is 0 Å². The van der Waals surface area contributed by atoms with Gasteiger partial charge in [0.1, 0.15) is 52.7 Å². The molecule has 0 amide bonds. The second-order valence-electron chi connectivity index (χ2n) is 14.2. The van der Waals surface area contributed by atoms with Crippen LogP contribution >= 0.6 is 0 Å². The molecule has 348 valence electrons. The van der Waals surface area contributed by atoms with Crippen molar-refractivity contribution in [1.82, 2.24) is 0 Å². The first-order valence-corrected chi connectivity index (χ1v) is 18.3. The van der Waals surface area contributed by atoms with Crippen LogP contribution < -0.4 is 26.4 Å². The maximum absolute atomic E-state index is 15.4. The number of carbonyl (C=O) groups excluding carboxylic acids is 1. The molecule has 0 radical (unpaired) electrons. The summed E-state index contributed by atoms with van der Waals surface area (Å²) in [5.74, 6) is -71.3. The van der Waals surface area contributed by atoms with Gasteiger partial charge in [0, 0.05) is 17.7 Å². The van der Waals surface area contributed by atoms with Crippen molar-refractivity contribution in [1.29, 1.82) is 0 Å². The van der Waals surface area contributed by atoms with E-state index in [9.17, 15) is 57.5 Å². The average molecular weight is 967 g/mol. The highest BCUT2D eigenvalue weighted by molar-refractivity contribution is 7.20. The number of benzene rings is 6. The first-order chi connectivity index (χ1) is 31.4. The zero-order valence-corrected chi connectivity index (χ0v) is 32.7. The van der Waals surface area contributed by atoms with Crippen molar-refractivity contribution in [2.75, 3.05) is 0 Å². The highest BCUT2D eigenvalue weighted by Crippen LogP contribution is 2.31. The fourth-order valence-electron chi connectivity index (χ4n) is 7.26. The van der Waals surface area contributed by atoms with Gasteiger partial charge in [0.15, 0.2) is 82.2 Å². The van der Waals surface area contributed by atoms with Crippen LogP contribution in [0.4, 0.5) is 87.8 Å². The summed E-state index contributed by atoms with van der Waals surface area (Å²) < 4.78 is 296. The van der Waals surface area contributed by atoms with E-state index in [1.165, 1.54) is 11.1 Å². The summed E-state index contributed by atoms with van der Waals surface area (Å²) in [6.07, 6.45) is -3.31. The smallest absolute Gasteiger partial charge is 0.227 e. The molecule has 0 aliphatic heterocycles. The van der Waals surface area contributed by atoms with Crippen molar-refractivity contribution >= 4 is 33.8 Å². The number of Topliss-reactive ketones (excluding diaryl/α,β-unsaturated/α-hetero) is 1. The second-order valence-corrected chi connectivity index (χ2v) is 14.2. The standard InChI is InChI=1S/C24BF20.C20H18NO/c26-5-1(6(27)14(35)21(42)13(5)34)25(2-7(28)15(36)22(43)16(37)8(2)29,3-9(30)17(38)23(44)18(39)10(3)31)4-11(32)19(40)24(45)20(41)12(4)33;1-16-7-9-17(10-8-16)18-11-13-21(14-12-18)15-20(22)19-5-3-2-4-6-19/h;2-14H,15H2,1H3/q-1;+1. The highest BCUT2D eigenvalue weighted by atomic mass is 19.2. The fraction of sp³-hybridized carbons (Fsp3) is 0.0455. The molecule has 7 aromatic rings. The molecule has 2 nitrogen and oxygen atoms in total. The Labute approximate surface area is 361 Å². The maximum Gasteiger partial charge on any atom is 0.227 e. The molecule has 0 fully saturated rings. The summed E-state index contributed by atoms with van der Waals surface area (Å²) in [7, 11) is 0. The monoisotopic (exact) mass is 967 g/mol. The van der Waals surface area contributed by atoms with E-state index >= 15 is 35.1 Å². The lowest BCUT2D eigenvalue weighted by molar-refractivity contribution is -0.683. The predicted molar refractivity (Wildman–Crippen MR) is 197 cm³/mol. The van der Waals surface area contributed by atoms with E-state index in [2.05, 4.69) is 31.2 Å². The lowest BCUT2D eigenvalue weighted by Gasteiger charge is -2.44. The van der Waals surface area contributed by atoms with E-state index < -0.39 is 144 Å². The van der Waals surface area contributed by atoms with Crippen LogP contribution in [0.25, 0.3) is 11.1 Å². The lowest BCUT2D eigenvalue weighted by Crippen LogP contribution is -2.81. The quantitative estimate of drug-likeness (QED) is 0.0372. The molecule has 0 saturated heterocycles. The van der Waals surface area contributed by atoms with Gasteiger partial charge in [-0.3, -0.25) is 4.79 Å². The minimum Gasteiger partial charge on any atom is -0.287 e. The molecule has 23 heteroatoms. The van der Waals surface area contributed by atoms with E-state index in [1.54, 1.807) is 0 Å². The number of aromatic nitrogens is 1. The van der Waals surface area contributed by atoms with Gasteiger partial charge in [-0.2, -0.15) is 4.57 Å². The number of ketones is 1. The Kier molecular flexibility index (Phi) is 13.7. The highest BCUT2D eigenvalue weighted by Gasteiger charge is 2.52. The number of pyridine rings is 1.